The zero-order valence-corrected chi connectivity index (χ0v) is 21.0. The van der Waals surface area contributed by atoms with Crippen LogP contribution in [0.4, 0.5) is 30.7 Å². The molecule has 0 aromatic heterocycles. The summed E-state index contributed by atoms with van der Waals surface area (Å²) < 4.78 is 116. The van der Waals surface area contributed by atoms with Crippen molar-refractivity contribution in [3.63, 3.8) is 0 Å². The Morgan fingerprint density at radius 1 is 1.00 bits per heavy atom. The van der Waals surface area contributed by atoms with Gasteiger partial charge in [-0.05, 0) is 61.9 Å². The molecule has 39 heavy (non-hydrogen) atoms. The van der Waals surface area contributed by atoms with Gasteiger partial charge in [-0.3, -0.25) is 9.59 Å². The summed E-state index contributed by atoms with van der Waals surface area (Å²) in [6, 6.07) is 4.19. The highest BCUT2D eigenvalue weighted by Gasteiger charge is 2.41. The van der Waals surface area contributed by atoms with Crippen LogP contribution in [-0.2, 0) is 20.8 Å². The number of alkyl halides is 6. The second kappa shape index (κ2) is 10.4. The van der Waals surface area contributed by atoms with E-state index >= 15 is 0 Å². The van der Waals surface area contributed by atoms with E-state index in [1.54, 1.807) is 0 Å². The predicted molar refractivity (Wildman–Crippen MR) is 124 cm³/mol. The normalized spacial score (nSPS) is 19.2. The summed E-state index contributed by atoms with van der Waals surface area (Å²) in [7, 11) is -4.77. The highest BCUT2D eigenvalue weighted by atomic mass is 32.2. The van der Waals surface area contributed by atoms with Gasteiger partial charge < -0.3 is 10.2 Å². The molecule has 212 valence electrons. The van der Waals surface area contributed by atoms with Crippen LogP contribution in [0.5, 0.6) is 0 Å². The number of rotatable bonds is 7. The highest BCUT2D eigenvalue weighted by Crippen LogP contribution is 2.43. The molecule has 1 heterocycles. The van der Waals surface area contributed by atoms with Crippen molar-refractivity contribution < 1.29 is 48.7 Å². The molecule has 1 N–H and O–H groups in total. The van der Waals surface area contributed by atoms with Crippen LogP contribution in [0.15, 0.2) is 47.4 Å². The molecule has 0 radical (unpaired) electrons. The van der Waals surface area contributed by atoms with Crippen molar-refractivity contribution >= 4 is 21.7 Å². The number of likely N-dealkylation sites (tertiary alicyclic amines) is 1. The Morgan fingerprint density at radius 3 is 2.28 bits per heavy atom. The molecule has 1 aliphatic carbocycles. The van der Waals surface area contributed by atoms with E-state index in [-0.39, 0.29) is 30.0 Å². The molecule has 14 heteroatoms. The molecule has 1 saturated carbocycles. The van der Waals surface area contributed by atoms with Crippen LogP contribution < -0.4 is 5.32 Å². The molecule has 2 aromatic carbocycles. The molecule has 1 saturated heterocycles. The van der Waals surface area contributed by atoms with Gasteiger partial charge in [0.05, 0.1) is 16.5 Å². The number of sulfone groups is 1. The van der Waals surface area contributed by atoms with Gasteiger partial charge in [-0.2, -0.15) is 26.3 Å². The van der Waals surface area contributed by atoms with Gasteiger partial charge in [-0.1, -0.05) is 12.1 Å². The van der Waals surface area contributed by atoms with Crippen LogP contribution in [0.1, 0.15) is 53.2 Å². The van der Waals surface area contributed by atoms with Gasteiger partial charge >= 0.3 is 12.4 Å². The maximum atomic E-state index is 14.7. The quantitative estimate of drug-likeness (QED) is 0.465. The second-order valence-corrected chi connectivity index (χ2v) is 11.6. The Balaban J connectivity index is 1.53. The first-order chi connectivity index (χ1) is 18.1. The van der Waals surface area contributed by atoms with Crippen LogP contribution in [-0.4, -0.2) is 49.6 Å². The first kappa shape index (κ1) is 28.8. The van der Waals surface area contributed by atoms with Gasteiger partial charge in [0.2, 0.25) is 5.91 Å². The second-order valence-electron chi connectivity index (χ2n) is 9.62. The molecule has 2 atom stereocenters. The van der Waals surface area contributed by atoms with E-state index in [2.05, 4.69) is 5.32 Å². The molecule has 0 bridgehead atoms. The maximum absolute atomic E-state index is 14.7. The van der Waals surface area contributed by atoms with Gasteiger partial charge in [0, 0.05) is 17.7 Å². The van der Waals surface area contributed by atoms with Gasteiger partial charge in [0.15, 0.2) is 15.6 Å². The third-order valence-electron chi connectivity index (χ3n) is 6.66. The number of nitrogens with zero attached hydrogens (tertiary/aromatic N) is 1. The number of benzene rings is 2. The Labute approximate surface area is 219 Å². The molecule has 2 aliphatic rings. The molecular formula is C25H23F7N2O4S. The monoisotopic (exact) mass is 580 g/mol. The zero-order chi connectivity index (χ0) is 28.8. The Hall–Kier alpha value is -3.16. The third kappa shape index (κ3) is 6.71. The van der Waals surface area contributed by atoms with E-state index in [9.17, 15) is 48.7 Å². The zero-order valence-electron chi connectivity index (χ0n) is 20.2. The molecule has 6 nitrogen and oxygen atoms in total. The van der Waals surface area contributed by atoms with E-state index < -0.39 is 68.1 Å². The highest BCUT2D eigenvalue weighted by molar-refractivity contribution is 7.91. The largest absolute Gasteiger partial charge is 0.416 e. The fraction of sp³-hybridized carbons (Fsp3) is 0.440. The third-order valence-corrected chi connectivity index (χ3v) is 8.34. The molecule has 2 amide bonds. The first-order valence-electron chi connectivity index (χ1n) is 11.9. The molecule has 2 aromatic rings. The summed E-state index contributed by atoms with van der Waals surface area (Å²) in [6.45, 7) is 0.0964. The lowest BCUT2D eigenvalue weighted by Gasteiger charge is -2.27. The van der Waals surface area contributed by atoms with Gasteiger partial charge in [-0.15, -0.1) is 0 Å². The van der Waals surface area contributed by atoms with Crippen molar-refractivity contribution in [3.05, 3.63) is 65.0 Å². The van der Waals surface area contributed by atoms with Crippen molar-refractivity contribution in [2.45, 2.75) is 55.0 Å². The molecule has 1 unspecified atom stereocenters. The number of halogens is 7. The average Bonchev–Trinajstić information content (AvgIpc) is 3.55. The standard InChI is InChI=1S/C25H23F7N2O4S/c26-19-12-16(25(30,31)32)8-9-18(19)21(14-6-7-14)33-22(35)20-5-2-10-34(20)23(36)15-3-1-4-17(11-15)39(37,38)13-24(27,28)29/h1,3-4,8-9,11-12,14,20-21H,2,5-7,10,13H2,(H,33,35)/t20-,21?/m1/s1. The lowest BCUT2D eigenvalue weighted by molar-refractivity contribution is -0.137. The summed E-state index contributed by atoms with van der Waals surface area (Å²) in [4.78, 5) is 26.8. The summed E-state index contributed by atoms with van der Waals surface area (Å²) >= 11 is 0. The predicted octanol–water partition coefficient (Wildman–Crippen LogP) is 5.05. The Kier molecular flexibility index (Phi) is 7.71. The Morgan fingerprint density at radius 2 is 1.69 bits per heavy atom. The van der Waals surface area contributed by atoms with Crippen molar-refractivity contribution in [2.75, 3.05) is 12.3 Å². The number of carbonyl (C=O) groups is 2. The number of carbonyl (C=O) groups excluding carboxylic acids is 2. The number of hydrogen-bond donors (Lipinski definition) is 1. The molecule has 1 aliphatic heterocycles. The van der Waals surface area contributed by atoms with E-state index in [0.717, 1.165) is 35.2 Å². The lowest BCUT2D eigenvalue weighted by Crippen LogP contribution is -2.47. The van der Waals surface area contributed by atoms with Crippen LogP contribution in [0.2, 0.25) is 0 Å². The van der Waals surface area contributed by atoms with Crippen molar-refractivity contribution in [1.29, 1.82) is 0 Å². The maximum Gasteiger partial charge on any atom is 0.416 e. The minimum atomic E-state index is -4.98. The van der Waals surface area contributed by atoms with Crippen LogP contribution in [0, 0.1) is 11.7 Å². The van der Waals surface area contributed by atoms with E-state index in [1.807, 2.05) is 0 Å². The Bertz CT molecular complexity index is 1370. The van der Waals surface area contributed by atoms with Crippen LogP contribution >= 0.6 is 0 Å². The number of nitrogens with one attached hydrogen (secondary N) is 1. The van der Waals surface area contributed by atoms with Crippen molar-refractivity contribution in [1.82, 2.24) is 10.2 Å². The fourth-order valence-corrected chi connectivity index (χ4v) is 5.84. The number of amides is 2. The SMILES string of the molecule is O=C(NC(c1ccc(C(F)(F)F)cc1F)C1CC1)[C@H]1CCCN1C(=O)c1cccc(S(=O)(=O)CC(F)(F)F)c1. The molecule has 2 fully saturated rings. The average molecular weight is 581 g/mol. The molecule has 4 rings (SSSR count). The summed E-state index contributed by atoms with van der Waals surface area (Å²) in [6.07, 6.45) is -7.92. The van der Waals surface area contributed by atoms with Crippen LogP contribution in [0.25, 0.3) is 0 Å². The minimum Gasteiger partial charge on any atom is -0.347 e. The molecular weight excluding hydrogens is 557 g/mol. The van der Waals surface area contributed by atoms with E-state index in [1.165, 1.54) is 6.07 Å². The van der Waals surface area contributed by atoms with Gasteiger partial charge in [-0.25, -0.2) is 12.8 Å². The minimum absolute atomic E-state index is 0.0964. The smallest absolute Gasteiger partial charge is 0.347 e. The summed E-state index contributed by atoms with van der Waals surface area (Å²) in [5.74, 6) is -4.88. The lowest BCUT2D eigenvalue weighted by atomic mass is 9.99. The van der Waals surface area contributed by atoms with Crippen molar-refractivity contribution in [2.24, 2.45) is 5.92 Å². The van der Waals surface area contributed by atoms with E-state index in [4.69, 9.17) is 0 Å². The van der Waals surface area contributed by atoms with Gasteiger partial charge in [0.1, 0.15) is 11.9 Å². The fourth-order valence-electron chi connectivity index (χ4n) is 4.65. The summed E-state index contributed by atoms with van der Waals surface area (Å²) in [5.41, 5.74) is -1.51. The van der Waals surface area contributed by atoms with Crippen molar-refractivity contribution in [3.8, 4) is 0 Å². The molecule has 0 spiro atoms. The topological polar surface area (TPSA) is 83.6 Å². The van der Waals surface area contributed by atoms with Crippen LogP contribution in [0.3, 0.4) is 0 Å². The van der Waals surface area contributed by atoms with Gasteiger partial charge in [0.25, 0.3) is 5.91 Å². The van der Waals surface area contributed by atoms with E-state index in [0.29, 0.717) is 25.3 Å². The first-order valence-corrected chi connectivity index (χ1v) is 13.6. The summed E-state index contributed by atoms with van der Waals surface area (Å²) in [5, 5.41) is 2.66. The number of hydrogen-bond acceptors (Lipinski definition) is 4.